The molecule has 0 aliphatic carbocycles. The number of carbonyl (C=O) groups excluding carboxylic acids is 1. The number of hydrogen-bond donors (Lipinski definition) is 1. The number of furan rings is 1. The van der Waals surface area contributed by atoms with Gasteiger partial charge in [0.25, 0.3) is 5.91 Å². The first-order valence-electron chi connectivity index (χ1n) is 8.89. The Morgan fingerprint density at radius 3 is 2.56 bits per heavy atom. The first kappa shape index (κ1) is 17.1. The predicted octanol–water partition coefficient (Wildman–Crippen LogP) is 4.47. The summed E-state index contributed by atoms with van der Waals surface area (Å²) in [6, 6.07) is 15.7. The largest absolute Gasteiger partial charge is 0.467 e. The van der Waals surface area contributed by atoms with Gasteiger partial charge in [0.15, 0.2) is 0 Å². The third kappa shape index (κ3) is 3.36. The zero-order valence-corrected chi connectivity index (χ0v) is 15.6. The second-order valence-electron chi connectivity index (χ2n) is 6.81. The van der Waals surface area contributed by atoms with Gasteiger partial charge in [-0.15, -0.1) is 0 Å². The van der Waals surface area contributed by atoms with E-state index in [4.69, 9.17) is 4.42 Å². The van der Waals surface area contributed by atoms with Gasteiger partial charge in [-0.1, -0.05) is 6.07 Å². The molecular weight excluding hydrogens is 338 g/mol. The van der Waals surface area contributed by atoms with E-state index in [1.165, 1.54) is 11.1 Å². The molecule has 5 heteroatoms. The van der Waals surface area contributed by atoms with E-state index in [1.54, 1.807) is 12.3 Å². The molecule has 0 aliphatic heterocycles. The van der Waals surface area contributed by atoms with Crippen molar-refractivity contribution in [2.45, 2.75) is 27.3 Å². The molecule has 0 unspecified atom stereocenters. The molecule has 1 amide bonds. The molecule has 2 heterocycles. The Morgan fingerprint density at radius 1 is 1.07 bits per heavy atom. The van der Waals surface area contributed by atoms with Crippen LogP contribution in [0.5, 0.6) is 0 Å². The number of benzene rings is 2. The Morgan fingerprint density at radius 2 is 1.85 bits per heavy atom. The van der Waals surface area contributed by atoms with Crippen molar-refractivity contribution in [2.75, 3.05) is 0 Å². The maximum atomic E-state index is 12.4. The first-order valence-corrected chi connectivity index (χ1v) is 8.89. The quantitative estimate of drug-likeness (QED) is 0.585. The van der Waals surface area contributed by atoms with Gasteiger partial charge in [0.2, 0.25) is 0 Å². The van der Waals surface area contributed by atoms with Crippen LogP contribution in [0.15, 0.2) is 59.2 Å². The van der Waals surface area contributed by atoms with Gasteiger partial charge in [0, 0.05) is 11.3 Å². The van der Waals surface area contributed by atoms with Crippen LogP contribution in [-0.2, 0) is 6.54 Å². The number of nitrogens with one attached hydrogen (secondary N) is 1. The molecule has 0 aliphatic rings. The summed E-state index contributed by atoms with van der Waals surface area (Å²) in [5.74, 6) is 1.47. The van der Waals surface area contributed by atoms with Crippen LogP contribution >= 0.6 is 0 Å². The smallest absolute Gasteiger partial charge is 0.251 e. The van der Waals surface area contributed by atoms with Crippen molar-refractivity contribution >= 4 is 16.9 Å². The normalized spacial score (nSPS) is 11.1. The standard InChI is InChI=1S/C22H21N3O2/c1-14-9-15(2)11-18(10-14)25-16(3)24-20-12-17(6-7-21(20)25)22(26)23-13-19-5-4-8-27-19/h4-12H,13H2,1-3H3,(H,23,26). The highest BCUT2D eigenvalue weighted by molar-refractivity contribution is 5.97. The maximum Gasteiger partial charge on any atom is 0.251 e. The van der Waals surface area contributed by atoms with Crippen molar-refractivity contribution in [3.05, 3.63) is 83.1 Å². The van der Waals surface area contributed by atoms with Crippen LogP contribution in [-0.4, -0.2) is 15.5 Å². The highest BCUT2D eigenvalue weighted by Crippen LogP contribution is 2.24. The minimum Gasteiger partial charge on any atom is -0.467 e. The first-order chi connectivity index (χ1) is 13.0. The van der Waals surface area contributed by atoms with Crippen LogP contribution in [0.25, 0.3) is 16.7 Å². The molecule has 4 aromatic rings. The number of aryl methyl sites for hydroxylation is 3. The van der Waals surface area contributed by atoms with Gasteiger partial charge >= 0.3 is 0 Å². The fraction of sp³-hybridized carbons (Fsp3) is 0.182. The van der Waals surface area contributed by atoms with Crippen LogP contribution in [0.2, 0.25) is 0 Å². The summed E-state index contributed by atoms with van der Waals surface area (Å²) < 4.78 is 7.37. The van der Waals surface area contributed by atoms with E-state index < -0.39 is 0 Å². The van der Waals surface area contributed by atoms with Gasteiger partial charge in [-0.3, -0.25) is 9.36 Å². The van der Waals surface area contributed by atoms with Gasteiger partial charge in [0.1, 0.15) is 11.6 Å². The van der Waals surface area contributed by atoms with Crippen molar-refractivity contribution in [1.82, 2.24) is 14.9 Å². The van der Waals surface area contributed by atoms with E-state index in [1.807, 2.05) is 31.2 Å². The molecule has 0 atom stereocenters. The third-order valence-electron chi connectivity index (χ3n) is 4.55. The fourth-order valence-corrected chi connectivity index (χ4v) is 3.43. The zero-order valence-electron chi connectivity index (χ0n) is 15.6. The second-order valence-corrected chi connectivity index (χ2v) is 6.81. The van der Waals surface area contributed by atoms with Crippen molar-refractivity contribution in [2.24, 2.45) is 0 Å². The summed E-state index contributed by atoms with van der Waals surface area (Å²) in [5.41, 5.74) is 5.87. The monoisotopic (exact) mass is 359 g/mol. The van der Waals surface area contributed by atoms with Crippen LogP contribution in [0.3, 0.4) is 0 Å². The van der Waals surface area contributed by atoms with Crippen LogP contribution in [0.1, 0.15) is 33.1 Å². The molecule has 136 valence electrons. The Kier molecular flexibility index (Phi) is 4.28. The summed E-state index contributed by atoms with van der Waals surface area (Å²) >= 11 is 0. The molecule has 4 rings (SSSR count). The van der Waals surface area contributed by atoms with E-state index in [0.29, 0.717) is 12.1 Å². The van der Waals surface area contributed by atoms with Crippen molar-refractivity contribution in [1.29, 1.82) is 0 Å². The SMILES string of the molecule is Cc1cc(C)cc(-n2c(C)nc3cc(C(=O)NCc4ccco4)ccc32)c1. The lowest BCUT2D eigenvalue weighted by Crippen LogP contribution is -2.22. The van der Waals surface area contributed by atoms with Crippen molar-refractivity contribution in [3.63, 3.8) is 0 Å². The molecule has 5 nitrogen and oxygen atoms in total. The summed E-state index contributed by atoms with van der Waals surface area (Å²) in [6.45, 7) is 6.52. The highest BCUT2D eigenvalue weighted by atomic mass is 16.3. The van der Waals surface area contributed by atoms with Gasteiger partial charge < -0.3 is 9.73 Å². The number of amides is 1. The van der Waals surface area contributed by atoms with Crippen molar-refractivity contribution in [3.8, 4) is 5.69 Å². The Bertz CT molecular complexity index is 1100. The molecule has 0 bridgehead atoms. The van der Waals surface area contributed by atoms with Crippen LogP contribution in [0.4, 0.5) is 0 Å². The summed E-state index contributed by atoms with van der Waals surface area (Å²) in [6.07, 6.45) is 1.59. The molecule has 0 fully saturated rings. The number of rotatable bonds is 4. The predicted molar refractivity (Wildman–Crippen MR) is 105 cm³/mol. The number of carbonyl (C=O) groups is 1. The van der Waals surface area contributed by atoms with Crippen LogP contribution in [0, 0.1) is 20.8 Å². The Balaban J connectivity index is 1.67. The molecule has 27 heavy (non-hydrogen) atoms. The fourth-order valence-electron chi connectivity index (χ4n) is 3.43. The summed E-state index contributed by atoms with van der Waals surface area (Å²) in [5, 5.41) is 2.87. The van der Waals surface area contributed by atoms with Crippen molar-refractivity contribution < 1.29 is 9.21 Å². The molecule has 2 aromatic heterocycles. The second kappa shape index (κ2) is 6.76. The number of aromatic nitrogens is 2. The average Bonchev–Trinajstić information content (AvgIpc) is 3.24. The molecule has 0 radical (unpaired) electrons. The minimum absolute atomic E-state index is 0.146. The number of imidazole rings is 1. The lowest BCUT2D eigenvalue weighted by atomic mass is 10.1. The van der Waals surface area contributed by atoms with Gasteiger partial charge in [-0.05, 0) is 74.4 Å². The Hall–Kier alpha value is -3.34. The third-order valence-corrected chi connectivity index (χ3v) is 4.55. The number of fused-ring (bicyclic) bond motifs is 1. The molecular formula is C22H21N3O2. The van der Waals surface area contributed by atoms with E-state index in [9.17, 15) is 4.79 Å². The molecule has 1 N–H and O–H groups in total. The zero-order chi connectivity index (χ0) is 19.0. The maximum absolute atomic E-state index is 12.4. The molecule has 2 aromatic carbocycles. The highest BCUT2D eigenvalue weighted by Gasteiger charge is 2.13. The van der Waals surface area contributed by atoms with E-state index in [0.717, 1.165) is 28.3 Å². The van der Waals surface area contributed by atoms with Gasteiger partial charge in [-0.25, -0.2) is 4.98 Å². The molecule has 0 saturated heterocycles. The van der Waals surface area contributed by atoms with E-state index >= 15 is 0 Å². The van der Waals surface area contributed by atoms with E-state index in [-0.39, 0.29) is 5.91 Å². The van der Waals surface area contributed by atoms with Gasteiger partial charge in [0.05, 0.1) is 23.8 Å². The summed E-state index contributed by atoms with van der Waals surface area (Å²) in [4.78, 5) is 17.1. The molecule has 0 saturated carbocycles. The Labute approximate surface area is 157 Å². The minimum atomic E-state index is -0.146. The number of nitrogens with zero attached hydrogens (tertiary/aromatic N) is 2. The molecule has 0 spiro atoms. The van der Waals surface area contributed by atoms with Gasteiger partial charge in [-0.2, -0.15) is 0 Å². The van der Waals surface area contributed by atoms with E-state index in [2.05, 4.69) is 46.9 Å². The topological polar surface area (TPSA) is 60.1 Å². The lowest BCUT2D eigenvalue weighted by Gasteiger charge is -2.10. The lowest BCUT2D eigenvalue weighted by molar-refractivity contribution is 0.0948. The average molecular weight is 359 g/mol. The number of hydrogen-bond acceptors (Lipinski definition) is 3. The van der Waals surface area contributed by atoms with Crippen LogP contribution < -0.4 is 5.32 Å². The summed E-state index contributed by atoms with van der Waals surface area (Å²) in [7, 11) is 0.